The molecular weight excluding hydrogens is 237 g/mol. The molecule has 4 heteroatoms. The van der Waals surface area contributed by atoms with E-state index in [1.54, 1.807) is 0 Å². The molecular formula is C15H20BNO2. The van der Waals surface area contributed by atoms with Crippen LogP contribution in [0.15, 0.2) is 24.3 Å². The number of benzene rings is 1. The van der Waals surface area contributed by atoms with Crippen molar-refractivity contribution in [2.24, 2.45) is 0 Å². The number of rotatable bonds is 1. The van der Waals surface area contributed by atoms with Gasteiger partial charge >= 0.3 is 7.12 Å². The van der Waals surface area contributed by atoms with E-state index in [1.165, 1.54) is 10.9 Å². The number of H-pyrrole nitrogens is 1. The van der Waals surface area contributed by atoms with Crippen LogP contribution in [0.3, 0.4) is 0 Å². The van der Waals surface area contributed by atoms with Gasteiger partial charge in [0.15, 0.2) is 0 Å². The number of hydrogen-bond donors (Lipinski definition) is 1. The molecule has 3 rings (SSSR count). The van der Waals surface area contributed by atoms with E-state index in [2.05, 4.69) is 63.9 Å². The molecule has 1 saturated heterocycles. The van der Waals surface area contributed by atoms with Crippen LogP contribution in [0.2, 0.25) is 0 Å². The quantitative estimate of drug-likeness (QED) is 0.797. The van der Waals surface area contributed by atoms with Gasteiger partial charge in [0, 0.05) is 16.5 Å². The van der Waals surface area contributed by atoms with Crippen LogP contribution in [0.5, 0.6) is 0 Å². The van der Waals surface area contributed by atoms with E-state index in [9.17, 15) is 0 Å². The minimum absolute atomic E-state index is 0.302. The zero-order valence-electron chi connectivity index (χ0n) is 12.2. The number of aromatic amines is 1. The second-order valence-corrected chi connectivity index (χ2v) is 6.35. The Balaban J connectivity index is 2.01. The molecule has 1 fully saturated rings. The van der Waals surface area contributed by atoms with Crippen LogP contribution < -0.4 is 5.59 Å². The zero-order valence-corrected chi connectivity index (χ0v) is 12.2. The molecule has 0 aliphatic carbocycles. The fourth-order valence-corrected chi connectivity index (χ4v) is 2.43. The Morgan fingerprint density at radius 1 is 1.05 bits per heavy atom. The lowest BCUT2D eigenvalue weighted by Crippen LogP contribution is -2.41. The maximum atomic E-state index is 6.07. The van der Waals surface area contributed by atoms with Crippen LogP contribution in [0.25, 0.3) is 10.9 Å². The van der Waals surface area contributed by atoms with E-state index < -0.39 is 0 Å². The molecule has 0 radical (unpaired) electrons. The summed E-state index contributed by atoms with van der Waals surface area (Å²) in [4.78, 5) is 3.40. The number of hydrogen-bond acceptors (Lipinski definition) is 2. The van der Waals surface area contributed by atoms with Crippen LogP contribution >= 0.6 is 0 Å². The van der Waals surface area contributed by atoms with E-state index in [0.29, 0.717) is 0 Å². The van der Waals surface area contributed by atoms with Gasteiger partial charge in [0.05, 0.1) is 11.2 Å². The molecule has 0 saturated carbocycles. The Kier molecular flexibility index (Phi) is 2.60. The summed E-state index contributed by atoms with van der Waals surface area (Å²) < 4.78 is 12.1. The maximum Gasteiger partial charge on any atom is 0.512 e. The highest BCUT2D eigenvalue weighted by atomic mass is 16.7. The van der Waals surface area contributed by atoms with Crippen molar-refractivity contribution >= 4 is 23.6 Å². The van der Waals surface area contributed by atoms with Crippen molar-refractivity contribution in [1.29, 1.82) is 0 Å². The molecule has 19 heavy (non-hydrogen) atoms. The Hall–Kier alpha value is -1.26. The third kappa shape index (κ3) is 1.90. The SMILES string of the molecule is Cc1cccc2[nH]c(B3OC(C)(C)C(C)(C)O3)cc12. The van der Waals surface area contributed by atoms with E-state index >= 15 is 0 Å². The molecule has 1 aliphatic heterocycles. The molecule has 0 spiro atoms. The highest BCUT2D eigenvalue weighted by Gasteiger charge is 2.52. The number of fused-ring (bicyclic) bond motifs is 1. The average Bonchev–Trinajstić information content (AvgIpc) is 2.80. The summed E-state index contributed by atoms with van der Waals surface area (Å²) in [6, 6.07) is 8.39. The first-order valence-corrected chi connectivity index (χ1v) is 6.74. The summed E-state index contributed by atoms with van der Waals surface area (Å²) in [7, 11) is -0.322. The second-order valence-electron chi connectivity index (χ2n) is 6.35. The van der Waals surface area contributed by atoms with E-state index in [4.69, 9.17) is 9.31 Å². The summed E-state index contributed by atoms with van der Waals surface area (Å²) in [5.41, 5.74) is 2.78. The lowest BCUT2D eigenvalue weighted by molar-refractivity contribution is 0.00578. The van der Waals surface area contributed by atoms with Crippen molar-refractivity contribution in [3.8, 4) is 0 Å². The molecule has 0 atom stereocenters. The maximum absolute atomic E-state index is 6.07. The fourth-order valence-electron chi connectivity index (χ4n) is 2.43. The third-order valence-corrected chi connectivity index (χ3v) is 4.41. The molecule has 0 bridgehead atoms. The van der Waals surface area contributed by atoms with Crippen molar-refractivity contribution in [3.63, 3.8) is 0 Å². The Morgan fingerprint density at radius 3 is 2.26 bits per heavy atom. The molecule has 1 aromatic heterocycles. The predicted octanol–water partition coefficient (Wildman–Crippen LogP) is 2.78. The van der Waals surface area contributed by atoms with Crippen molar-refractivity contribution in [1.82, 2.24) is 4.98 Å². The Labute approximate surface area is 114 Å². The molecule has 0 amide bonds. The Morgan fingerprint density at radius 2 is 1.68 bits per heavy atom. The van der Waals surface area contributed by atoms with Crippen LogP contribution in [-0.4, -0.2) is 23.3 Å². The van der Waals surface area contributed by atoms with E-state index in [0.717, 1.165) is 11.1 Å². The zero-order chi connectivity index (χ0) is 13.8. The van der Waals surface area contributed by atoms with Gasteiger partial charge in [0.25, 0.3) is 0 Å². The number of aromatic nitrogens is 1. The van der Waals surface area contributed by atoms with Crippen LogP contribution in [0.4, 0.5) is 0 Å². The first kappa shape index (κ1) is 12.8. The minimum Gasteiger partial charge on any atom is -0.398 e. The van der Waals surface area contributed by atoms with E-state index in [1.807, 2.05) is 0 Å². The predicted molar refractivity (Wildman–Crippen MR) is 78.8 cm³/mol. The Bertz CT molecular complexity index is 614. The van der Waals surface area contributed by atoms with Gasteiger partial charge in [-0.15, -0.1) is 0 Å². The average molecular weight is 257 g/mol. The van der Waals surface area contributed by atoms with Gasteiger partial charge < -0.3 is 14.3 Å². The van der Waals surface area contributed by atoms with Gasteiger partial charge in [-0.3, -0.25) is 0 Å². The summed E-state index contributed by atoms with van der Waals surface area (Å²) in [5.74, 6) is 0. The van der Waals surface area contributed by atoms with Crippen molar-refractivity contribution in [3.05, 3.63) is 29.8 Å². The van der Waals surface area contributed by atoms with Crippen LogP contribution in [0, 0.1) is 6.92 Å². The fraction of sp³-hybridized carbons (Fsp3) is 0.467. The highest BCUT2D eigenvalue weighted by Crippen LogP contribution is 2.36. The standard InChI is InChI=1S/C15H20BNO2/c1-10-7-6-8-12-11(10)9-13(17-12)16-18-14(2,3)15(4,5)19-16/h6-9,17H,1-5H3. The molecule has 100 valence electrons. The first-order valence-electron chi connectivity index (χ1n) is 6.74. The lowest BCUT2D eigenvalue weighted by atomic mass is 9.85. The van der Waals surface area contributed by atoms with Crippen molar-refractivity contribution < 1.29 is 9.31 Å². The number of nitrogens with one attached hydrogen (secondary N) is 1. The summed E-state index contributed by atoms with van der Waals surface area (Å²) in [5, 5.41) is 1.23. The molecule has 0 unspecified atom stereocenters. The largest absolute Gasteiger partial charge is 0.512 e. The van der Waals surface area contributed by atoms with Gasteiger partial charge in [0.2, 0.25) is 0 Å². The van der Waals surface area contributed by atoms with Gasteiger partial charge in [0.1, 0.15) is 0 Å². The monoisotopic (exact) mass is 257 g/mol. The number of aryl methyl sites for hydroxylation is 1. The first-order chi connectivity index (χ1) is 8.80. The minimum atomic E-state index is -0.322. The topological polar surface area (TPSA) is 34.2 Å². The summed E-state index contributed by atoms with van der Waals surface area (Å²) in [6.45, 7) is 10.4. The lowest BCUT2D eigenvalue weighted by Gasteiger charge is -2.32. The van der Waals surface area contributed by atoms with Gasteiger partial charge in [-0.05, 0) is 52.3 Å². The normalized spacial score (nSPS) is 21.2. The van der Waals surface area contributed by atoms with Crippen molar-refractivity contribution in [2.75, 3.05) is 0 Å². The van der Waals surface area contributed by atoms with Gasteiger partial charge in [-0.25, -0.2) is 0 Å². The van der Waals surface area contributed by atoms with Crippen LogP contribution in [-0.2, 0) is 9.31 Å². The molecule has 1 aromatic carbocycles. The molecule has 1 aliphatic rings. The van der Waals surface area contributed by atoms with Gasteiger partial charge in [-0.2, -0.15) is 0 Å². The van der Waals surface area contributed by atoms with E-state index in [-0.39, 0.29) is 18.3 Å². The van der Waals surface area contributed by atoms with Crippen molar-refractivity contribution in [2.45, 2.75) is 45.8 Å². The van der Waals surface area contributed by atoms with Crippen LogP contribution in [0.1, 0.15) is 33.3 Å². The molecule has 3 nitrogen and oxygen atoms in total. The third-order valence-electron chi connectivity index (χ3n) is 4.41. The second kappa shape index (κ2) is 3.87. The smallest absolute Gasteiger partial charge is 0.398 e. The van der Waals surface area contributed by atoms with Gasteiger partial charge in [-0.1, -0.05) is 12.1 Å². The summed E-state index contributed by atoms with van der Waals surface area (Å²) >= 11 is 0. The molecule has 2 aromatic rings. The molecule has 1 N–H and O–H groups in total. The molecule has 2 heterocycles. The summed E-state index contributed by atoms with van der Waals surface area (Å²) in [6.07, 6.45) is 0. The highest BCUT2D eigenvalue weighted by molar-refractivity contribution is 6.61.